The molecular weight excluding hydrogens is 345 g/mol. The minimum Gasteiger partial charge on any atom is -0.296 e. The van der Waals surface area contributed by atoms with Crippen molar-refractivity contribution in [2.45, 2.75) is 10.6 Å². The van der Waals surface area contributed by atoms with Gasteiger partial charge in [0.05, 0.1) is 15.9 Å². The number of imidazole rings is 1. The topological polar surface area (TPSA) is 41.6 Å². The van der Waals surface area contributed by atoms with Crippen LogP contribution in [0.25, 0.3) is 5.70 Å². The monoisotopic (exact) mass is 355 g/mol. The highest BCUT2D eigenvalue weighted by Crippen LogP contribution is 2.49. The number of nitriles is 1. The van der Waals surface area contributed by atoms with Crippen LogP contribution in [-0.2, 0) is 0 Å². The van der Waals surface area contributed by atoms with Crippen LogP contribution in [0.15, 0.2) is 46.2 Å². The molecule has 1 aliphatic carbocycles. The first-order valence-corrected chi connectivity index (χ1v) is 8.99. The van der Waals surface area contributed by atoms with Crippen LogP contribution in [0.5, 0.6) is 0 Å². The van der Waals surface area contributed by atoms with Crippen LogP contribution in [0.2, 0.25) is 0 Å². The second-order valence-electron chi connectivity index (χ2n) is 4.62. The Morgan fingerprint density at radius 1 is 1.52 bits per heavy atom. The number of aromatic nitrogens is 2. The molecule has 3 nitrogen and oxygen atoms in total. The first-order valence-electron chi connectivity index (χ1n) is 6.31. The Labute approximate surface area is 141 Å². The van der Waals surface area contributed by atoms with Gasteiger partial charge in [0, 0.05) is 34.3 Å². The summed E-state index contributed by atoms with van der Waals surface area (Å²) in [7, 11) is 0. The Kier molecular flexibility index (Phi) is 4.70. The lowest BCUT2D eigenvalue weighted by molar-refractivity contribution is 0.663. The highest BCUT2D eigenvalue weighted by molar-refractivity contribution is 8.25. The van der Waals surface area contributed by atoms with Gasteiger partial charge in [0.1, 0.15) is 11.8 Å². The normalized spacial score (nSPS) is 30.9. The fourth-order valence-electron chi connectivity index (χ4n) is 2.23. The Hall–Kier alpha value is -0.800. The number of alkyl halides is 1. The van der Waals surface area contributed by atoms with E-state index in [0.29, 0.717) is 16.0 Å². The van der Waals surface area contributed by atoms with Crippen LogP contribution in [0.1, 0.15) is 0 Å². The molecule has 1 saturated heterocycles. The molecule has 3 rings (SSSR count). The molecule has 1 fully saturated rings. The minimum atomic E-state index is -0.0984. The molecule has 7 heteroatoms. The summed E-state index contributed by atoms with van der Waals surface area (Å²) in [5.74, 6) is 1.16. The molecule has 1 aromatic rings. The van der Waals surface area contributed by atoms with Gasteiger partial charge in [-0.1, -0.05) is 17.7 Å². The first-order chi connectivity index (χ1) is 10.2. The van der Waals surface area contributed by atoms with Crippen LogP contribution < -0.4 is 0 Å². The fraction of sp³-hybridized carbons (Fsp3) is 0.286. The lowest BCUT2D eigenvalue weighted by Gasteiger charge is -2.24. The van der Waals surface area contributed by atoms with Gasteiger partial charge < -0.3 is 0 Å². The third kappa shape index (κ3) is 3.19. The summed E-state index contributed by atoms with van der Waals surface area (Å²) in [5.41, 5.74) is 0.629. The predicted molar refractivity (Wildman–Crippen MR) is 91.1 cm³/mol. The zero-order valence-electron chi connectivity index (χ0n) is 10.8. The molecule has 2 heterocycles. The van der Waals surface area contributed by atoms with Gasteiger partial charge in [0.25, 0.3) is 0 Å². The van der Waals surface area contributed by atoms with E-state index in [2.05, 4.69) is 17.1 Å². The molecule has 0 saturated carbocycles. The van der Waals surface area contributed by atoms with Crippen LogP contribution in [-0.4, -0.2) is 25.9 Å². The van der Waals surface area contributed by atoms with Crippen LogP contribution in [0, 0.1) is 17.2 Å². The van der Waals surface area contributed by atoms with Gasteiger partial charge in [0.2, 0.25) is 0 Å². The van der Waals surface area contributed by atoms with E-state index in [-0.39, 0.29) is 11.3 Å². The van der Waals surface area contributed by atoms with Gasteiger partial charge in [-0.2, -0.15) is 5.26 Å². The van der Waals surface area contributed by atoms with E-state index in [4.69, 9.17) is 23.2 Å². The highest BCUT2D eigenvalue weighted by Gasteiger charge is 2.34. The van der Waals surface area contributed by atoms with E-state index >= 15 is 0 Å². The molecule has 0 amide bonds. The number of rotatable bonds is 2. The lowest BCUT2D eigenvalue weighted by Crippen LogP contribution is -2.25. The summed E-state index contributed by atoms with van der Waals surface area (Å²) in [6, 6.07) is 2.27. The molecule has 0 N–H and O–H groups in total. The molecule has 0 spiro atoms. The standard InChI is InChI=1S/C14H11Cl2N3S2/c15-9-1-2-10(11(16)5-9)13-7-20-14(21-13)12(6-17)19-4-3-18-8-19/h1-5,8,10-11,13H,7H2/b14-12+/t10?,11?,13-/m1/s1. The molecule has 0 radical (unpaired) electrons. The van der Waals surface area contributed by atoms with Crippen LogP contribution in [0.4, 0.5) is 0 Å². The van der Waals surface area contributed by atoms with E-state index in [1.807, 2.05) is 12.2 Å². The third-order valence-corrected chi connectivity index (χ3v) is 6.99. The van der Waals surface area contributed by atoms with Crippen molar-refractivity contribution in [3.63, 3.8) is 0 Å². The van der Waals surface area contributed by atoms with Crippen molar-refractivity contribution < 1.29 is 0 Å². The number of halogens is 2. The average molecular weight is 356 g/mol. The Balaban J connectivity index is 1.80. The molecule has 2 unspecified atom stereocenters. The maximum absolute atomic E-state index is 9.39. The maximum Gasteiger partial charge on any atom is 0.145 e. The molecular formula is C14H11Cl2N3S2. The van der Waals surface area contributed by atoms with E-state index in [9.17, 15) is 5.26 Å². The zero-order chi connectivity index (χ0) is 14.8. The first kappa shape index (κ1) is 15.1. The van der Waals surface area contributed by atoms with Crippen molar-refractivity contribution in [2.75, 3.05) is 5.75 Å². The van der Waals surface area contributed by atoms with E-state index in [1.54, 1.807) is 46.8 Å². The van der Waals surface area contributed by atoms with Gasteiger partial charge in [-0.3, -0.25) is 4.57 Å². The highest BCUT2D eigenvalue weighted by atomic mass is 35.5. The molecule has 3 atom stereocenters. The smallest absolute Gasteiger partial charge is 0.145 e. The maximum atomic E-state index is 9.39. The Bertz CT molecular complexity index is 658. The van der Waals surface area contributed by atoms with E-state index in [0.717, 1.165) is 9.99 Å². The number of hydrogen-bond acceptors (Lipinski definition) is 4. The SMILES string of the molecule is N#C/C(=C1/SC[C@H](C2C=CC(Cl)=CC2Cl)S1)n1ccnc1. The third-order valence-electron chi connectivity index (χ3n) is 3.29. The van der Waals surface area contributed by atoms with Gasteiger partial charge in [-0.25, -0.2) is 4.98 Å². The van der Waals surface area contributed by atoms with E-state index < -0.39 is 0 Å². The largest absolute Gasteiger partial charge is 0.296 e. The Morgan fingerprint density at radius 2 is 2.38 bits per heavy atom. The van der Waals surface area contributed by atoms with Gasteiger partial charge in [-0.15, -0.1) is 35.1 Å². The van der Waals surface area contributed by atoms with Gasteiger partial charge in [0.15, 0.2) is 0 Å². The summed E-state index contributed by atoms with van der Waals surface area (Å²) < 4.78 is 2.78. The molecule has 0 aromatic carbocycles. The molecule has 21 heavy (non-hydrogen) atoms. The summed E-state index contributed by atoms with van der Waals surface area (Å²) in [5, 5.41) is 10.3. The quantitative estimate of drug-likeness (QED) is 0.585. The number of nitrogens with zero attached hydrogens (tertiary/aromatic N) is 3. The van der Waals surface area contributed by atoms with Crippen molar-refractivity contribution in [1.82, 2.24) is 9.55 Å². The molecule has 0 bridgehead atoms. The zero-order valence-corrected chi connectivity index (χ0v) is 14.0. The minimum absolute atomic E-state index is 0.0984. The van der Waals surface area contributed by atoms with Crippen molar-refractivity contribution in [3.05, 3.63) is 46.2 Å². The summed E-state index contributed by atoms with van der Waals surface area (Å²) in [6.07, 6.45) is 11.0. The van der Waals surface area contributed by atoms with Crippen molar-refractivity contribution in [3.8, 4) is 6.07 Å². The Morgan fingerprint density at radius 3 is 3.05 bits per heavy atom. The molecule has 2 aliphatic rings. The molecule has 1 aliphatic heterocycles. The number of thioether (sulfide) groups is 2. The molecule has 1 aromatic heterocycles. The summed E-state index contributed by atoms with van der Waals surface area (Å²) >= 11 is 15.8. The predicted octanol–water partition coefficient (Wildman–Crippen LogP) is 4.30. The van der Waals surface area contributed by atoms with Crippen molar-refractivity contribution in [2.24, 2.45) is 5.92 Å². The summed E-state index contributed by atoms with van der Waals surface area (Å²) in [6.45, 7) is 0. The van der Waals surface area contributed by atoms with Crippen molar-refractivity contribution in [1.29, 1.82) is 5.26 Å². The van der Waals surface area contributed by atoms with Crippen LogP contribution >= 0.6 is 46.7 Å². The van der Waals surface area contributed by atoms with E-state index in [1.165, 1.54) is 0 Å². The van der Waals surface area contributed by atoms with Gasteiger partial charge >= 0.3 is 0 Å². The number of hydrogen-bond donors (Lipinski definition) is 0. The summed E-state index contributed by atoms with van der Waals surface area (Å²) in [4.78, 5) is 4.00. The van der Waals surface area contributed by atoms with Crippen molar-refractivity contribution >= 4 is 52.4 Å². The lowest BCUT2D eigenvalue weighted by atomic mass is 9.97. The molecule has 108 valence electrons. The average Bonchev–Trinajstić information content (AvgIpc) is 3.12. The fourth-order valence-corrected chi connectivity index (χ4v) is 6.09. The number of allylic oxidation sites excluding steroid dienone is 5. The second kappa shape index (κ2) is 6.53. The second-order valence-corrected chi connectivity index (χ2v) is 8.10. The van der Waals surface area contributed by atoms with Crippen LogP contribution in [0.3, 0.4) is 0 Å². The van der Waals surface area contributed by atoms with Gasteiger partial charge in [-0.05, 0) is 12.2 Å².